The summed E-state index contributed by atoms with van der Waals surface area (Å²) in [5.74, 6) is 0.718. The van der Waals surface area contributed by atoms with Crippen LogP contribution in [0, 0.1) is 0 Å². The smallest absolute Gasteiger partial charge is 0.240 e. The van der Waals surface area contributed by atoms with Gasteiger partial charge in [0.1, 0.15) is 12.4 Å². The van der Waals surface area contributed by atoms with Crippen LogP contribution >= 0.6 is 0 Å². The highest BCUT2D eigenvalue weighted by Crippen LogP contribution is 2.24. The molecule has 0 aliphatic heterocycles. The maximum Gasteiger partial charge on any atom is 0.240 e. The molecule has 0 aliphatic carbocycles. The molecular weight excluding hydrogens is 324 g/mol. The maximum atomic E-state index is 12.5. The summed E-state index contributed by atoms with van der Waals surface area (Å²) in [4.78, 5) is 21.3. The number of benzene rings is 2. The van der Waals surface area contributed by atoms with Gasteiger partial charge in [-0.05, 0) is 29.8 Å². The van der Waals surface area contributed by atoms with E-state index in [9.17, 15) is 4.79 Å². The SMILES string of the molecule is O=C(Cn1c(-c2ccncc2)nc2ccccc21)NCc1ccccc1. The van der Waals surface area contributed by atoms with Crippen LogP contribution in [0.5, 0.6) is 0 Å². The summed E-state index contributed by atoms with van der Waals surface area (Å²) in [6.07, 6.45) is 3.46. The van der Waals surface area contributed by atoms with E-state index in [1.54, 1.807) is 12.4 Å². The van der Waals surface area contributed by atoms with E-state index < -0.39 is 0 Å². The zero-order chi connectivity index (χ0) is 17.8. The predicted octanol–water partition coefficient (Wildman–Crippen LogP) is 3.41. The first-order valence-corrected chi connectivity index (χ1v) is 8.47. The number of aromatic nitrogens is 3. The third-order valence-corrected chi connectivity index (χ3v) is 4.23. The van der Waals surface area contributed by atoms with Gasteiger partial charge in [-0.2, -0.15) is 0 Å². The van der Waals surface area contributed by atoms with Crippen LogP contribution in [0.1, 0.15) is 5.56 Å². The van der Waals surface area contributed by atoms with Crippen LogP contribution in [0.3, 0.4) is 0 Å². The summed E-state index contributed by atoms with van der Waals surface area (Å²) in [5, 5.41) is 2.98. The average molecular weight is 342 g/mol. The number of pyridine rings is 1. The first-order valence-electron chi connectivity index (χ1n) is 8.47. The molecule has 0 saturated carbocycles. The Morgan fingerprint density at radius 2 is 1.65 bits per heavy atom. The van der Waals surface area contributed by atoms with Gasteiger partial charge in [0.15, 0.2) is 0 Å². The molecule has 0 atom stereocenters. The van der Waals surface area contributed by atoms with E-state index in [-0.39, 0.29) is 12.5 Å². The largest absolute Gasteiger partial charge is 0.350 e. The summed E-state index contributed by atoms with van der Waals surface area (Å²) in [6.45, 7) is 0.724. The Hall–Kier alpha value is -3.47. The van der Waals surface area contributed by atoms with Crippen molar-refractivity contribution in [2.24, 2.45) is 0 Å². The van der Waals surface area contributed by atoms with Crippen molar-refractivity contribution < 1.29 is 4.79 Å². The molecule has 0 unspecified atom stereocenters. The number of nitrogens with one attached hydrogen (secondary N) is 1. The van der Waals surface area contributed by atoms with Gasteiger partial charge in [-0.1, -0.05) is 42.5 Å². The standard InChI is InChI=1S/C21H18N4O/c26-20(23-14-16-6-2-1-3-7-16)15-25-19-9-5-4-8-18(19)24-21(25)17-10-12-22-13-11-17/h1-13H,14-15H2,(H,23,26). The summed E-state index contributed by atoms with van der Waals surface area (Å²) in [6, 6.07) is 21.5. The Kier molecular flexibility index (Phi) is 4.43. The fourth-order valence-corrected chi connectivity index (χ4v) is 2.95. The quantitative estimate of drug-likeness (QED) is 0.604. The van der Waals surface area contributed by atoms with Crippen molar-refractivity contribution in [3.8, 4) is 11.4 Å². The fraction of sp³-hybridized carbons (Fsp3) is 0.0952. The third kappa shape index (κ3) is 3.32. The van der Waals surface area contributed by atoms with Crippen molar-refractivity contribution in [2.45, 2.75) is 13.1 Å². The van der Waals surface area contributed by atoms with Crippen molar-refractivity contribution in [2.75, 3.05) is 0 Å². The van der Waals surface area contributed by atoms with Crippen molar-refractivity contribution in [1.29, 1.82) is 0 Å². The summed E-state index contributed by atoms with van der Waals surface area (Å²) < 4.78 is 1.95. The first kappa shape index (κ1) is 16.0. The Bertz CT molecular complexity index is 1030. The van der Waals surface area contributed by atoms with Gasteiger partial charge in [0.25, 0.3) is 0 Å². The van der Waals surface area contributed by atoms with Crippen LogP contribution in [0.25, 0.3) is 22.4 Å². The van der Waals surface area contributed by atoms with Gasteiger partial charge in [-0.25, -0.2) is 4.98 Å². The normalized spacial score (nSPS) is 10.8. The molecule has 0 spiro atoms. The lowest BCUT2D eigenvalue weighted by atomic mass is 10.2. The van der Waals surface area contributed by atoms with E-state index in [4.69, 9.17) is 4.98 Å². The lowest BCUT2D eigenvalue weighted by Crippen LogP contribution is -2.27. The minimum Gasteiger partial charge on any atom is -0.350 e. The number of hydrogen-bond donors (Lipinski definition) is 1. The molecule has 0 aliphatic rings. The van der Waals surface area contributed by atoms with Crippen LogP contribution in [-0.2, 0) is 17.9 Å². The molecule has 5 nitrogen and oxygen atoms in total. The molecule has 1 amide bonds. The van der Waals surface area contributed by atoms with Crippen LogP contribution in [0.2, 0.25) is 0 Å². The second-order valence-corrected chi connectivity index (χ2v) is 6.01. The minimum atomic E-state index is -0.0488. The van der Waals surface area contributed by atoms with E-state index >= 15 is 0 Å². The molecule has 0 saturated heterocycles. The van der Waals surface area contributed by atoms with Crippen molar-refractivity contribution in [3.63, 3.8) is 0 Å². The topological polar surface area (TPSA) is 59.8 Å². The number of nitrogens with zero attached hydrogens (tertiary/aromatic N) is 3. The highest BCUT2D eigenvalue weighted by atomic mass is 16.1. The van der Waals surface area contributed by atoms with Crippen LogP contribution in [0.4, 0.5) is 0 Å². The van der Waals surface area contributed by atoms with Gasteiger partial charge in [0, 0.05) is 24.5 Å². The molecule has 2 aromatic heterocycles. The molecule has 2 aromatic carbocycles. The number of fused-ring (bicyclic) bond motifs is 1. The van der Waals surface area contributed by atoms with E-state index in [0.717, 1.165) is 28.0 Å². The summed E-state index contributed by atoms with van der Waals surface area (Å²) >= 11 is 0. The zero-order valence-electron chi connectivity index (χ0n) is 14.2. The molecule has 0 bridgehead atoms. The van der Waals surface area contributed by atoms with E-state index in [1.807, 2.05) is 71.3 Å². The van der Waals surface area contributed by atoms with Gasteiger partial charge in [-0.15, -0.1) is 0 Å². The lowest BCUT2D eigenvalue weighted by Gasteiger charge is -2.10. The molecule has 4 aromatic rings. The van der Waals surface area contributed by atoms with Crippen LogP contribution in [0.15, 0.2) is 79.1 Å². The van der Waals surface area contributed by atoms with Gasteiger partial charge in [0.2, 0.25) is 5.91 Å². The molecule has 128 valence electrons. The highest BCUT2D eigenvalue weighted by Gasteiger charge is 2.14. The molecule has 0 fully saturated rings. The number of hydrogen-bond acceptors (Lipinski definition) is 3. The molecular formula is C21H18N4O. The molecule has 2 heterocycles. The number of carbonyl (C=O) groups excluding carboxylic acids is 1. The zero-order valence-corrected chi connectivity index (χ0v) is 14.2. The van der Waals surface area contributed by atoms with E-state index in [0.29, 0.717) is 6.54 Å². The summed E-state index contributed by atoms with van der Waals surface area (Å²) in [7, 11) is 0. The van der Waals surface area contributed by atoms with Crippen molar-refractivity contribution >= 4 is 16.9 Å². The number of carbonyl (C=O) groups is 1. The molecule has 4 rings (SSSR count). The monoisotopic (exact) mass is 342 g/mol. The molecule has 5 heteroatoms. The Balaban J connectivity index is 1.61. The third-order valence-electron chi connectivity index (χ3n) is 4.23. The van der Waals surface area contributed by atoms with Gasteiger partial charge < -0.3 is 9.88 Å². The maximum absolute atomic E-state index is 12.5. The van der Waals surface area contributed by atoms with Gasteiger partial charge in [0.05, 0.1) is 11.0 Å². The summed E-state index contributed by atoms with van der Waals surface area (Å²) in [5.41, 5.74) is 3.82. The lowest BCUT2D eigenvalue weighted by molar-refractivity contribution is -0.121. The Morgan fingerprint density at radius 3 is 2.46 bits per heavy atom. The van der Waals surface area contributed by atoms with E-state index in [1.165, 1.54) is 0 Å². The van der Waals surface area contributed by atoms with Crippen LogP contribution < -0.4 is 5.32 Å². The van der Waals surface area contributed by atoms with Crippen molar-refractivity contribution in [3.05, 3.63) is 84.7 Å². The number of imidazole rings is 1. The highest BCUT2D eigenvalue weighted by molar-refractivity contribution is 5.84. The van der Waals surface area contributed by atoms with Crippen molar-refractivity contribution in [1.82, 2.24) is 19.9 Å². The number of amides is 1. The average Bonchev–Trinajstić information content (AvgIpc) is 3.06. The fourth-order valence-electron chi connectivity index (χ4n) is 2.95. The second-order valence-electron chi connectivity index (χ2n) is 6.01. The molecule has 1 N–H and O–H groups in total. The van der Waals surface area contributed by atoms with Gasteiger partial charge >= 0.3 is 0 Å². The Labute approximate surface area is 151 Å². The predicted molar refractivity (Wildman–Crippen MR) is 101 cm³/mol. The van der Waals surface area contributed by atoms with Crippen LogP contribution in [-0.4, -0.2) is 20.4 Å². The minimum absolute atomic E-state index is 0.0488. The number of para-hydroxylation sites is 2. The van der Waals surface area contributed by atoms with Gasteiger partial charge in [-0.3, -0.25) is 9.78 Å². The number of rotatable bonds is 5. The second kappa shape index (κ2) is 7.19. The first-order chi connectivity index (χ1) is 12.8. The molecule has 26 heavy (non-hydrogen) atoms. The van der Waals surface area contributed by atoms with E-state index in [2.05, 4.69) is 10.3 Å². The molecule has 0 radical (unpaired) electrons. The Morgan fingerprint density at radius 1 is 0.923 bits per heavy atom.